The summed E-state index contributed by atoms with van der Waals surface area (Å²) in [5.41, 5.74) is 2.32. The highest BCUT2D eigenvalue weighted by Crippen LogP contribution is 2.31. The van der Waals surface area contributed by atoms with Crippen molar-refractivity contribution in [1.82, 2.24) is 10.3 Å². The van der Waals surface area contributed by atoms with E-state index in [1.165, 1.54) is 6.92 Å². The number of aliphatic hydroxyl groups is 1. The first kappa shape index (κ1) is 17.2. The molecule has 0 saturated heterocycles. The Hall–Kier alpha value is -2.14. The first-order chi connectivity index (χ1) is 10.7. The van der Waals surface area contributed by atoms with Gasteiger partial charge in [-0.3, -0.25) is 9.78 Å². The zero-order chi connectivity index (χ0) is 17.2. The molecule has 1 heterocycles. The maximum Gasteiger partial charge on any atom is 0.216 e. The van der Waals surface area contributed by atoms with E-state index in [1.807, 2.05) is 58.2 Å². The van der Waals surface area contributed by atoms with Gasteiger partial charge in [0.15, 0.2) is 0 Å². The number of aryl methyl sites for hydroxylation is 1. The van der Waals surface area contributed by atoms with Crippen LogP contribution in [0.25, 0.3) is 10.9 Å². The van der Waals surface area contributed by atoms with Crippen molar-refractivity contribution in [2.75, 3.05) is 18.5 Å². The van der Waals surface area contributed by atoms with Gasteiger partial charge in [-0.25, -0.2) is 0 Å². The number of aliphatic hydroxyl groups excluding tert-OH is 1. The second-order valence-electron chi connectivity index (χ2n) is 6.47. The second-order valence-corrected chi connectivity index (χ2v) is 6.47. The molecule has 0 aliphatic rings. The molecule has 1 amide bonds. The molecular formula is C18H25N3O2. The summed E-state index contributed by atoms with van der Waals surface area (Å²) in [5.74, 6) is -0.146. The van der Waals surface area contributed by atoms with Gasteiger partial charge >= 0.3 is 0 Å². The molecule has 0 radical (unpaired) electrons. The smallest absolute Gasteiger partial charge is 0.216 e. The van der Waals surface area contributed by atoms with Gasteiger partial charge < -0.3 is 15.3 Å². The highest BCUT2D eigenvalue weighted by atomic mass is 16.3. The van der Waals surface area contributed by atoms with Gasteiger partial charge in [-0.05, 0) is 32.9 Å². The standard InChI is InChI=1S/C18H25N3O2/c1-12-10-16(14-8-6-7-9-15(14)20-12)21(5)18(3,4)17(23)11-19-13(2)22/h6-10,17,23H,11H2,1-5H3,(H,19,22). The number of aromatic nitrogens is 1. The van der Waals surface area contributed by atoms with E-state index >= 15 is 0 Å². The van der Waals surface area contributed by atoms with Crippen LogP contribution in [-0.4, -0.2) is 41.2 Å². The number of carbonyl (C=O) groups is 1. The predicted molar refractivity (Wildman–Crippen MR) is 93.7 cm³/mol. The Morgan fingerprint density at radius 1 is 1.39 bits per heavy atom. The summed E-state index contributed by atoms with van der Waals surface area (Å²) in [6.07, 6.45) is -0.705. The van der Waals surface area contributed by atoms with Crippen LogP contribution in [0.2, 0.25) is 0 Å². The van der Waals surface area contributed by atoms with E-state index in [4.69, 9.17) is 0 Å². The van der Waals surface area contributed by atoms with Gasteiger partial charge in [0.05, 0.1) is 17.2 Å². The monoisotopic (exact) mass is 315 g/mol. The Labute approximate surface area is 137 Å². The van der Waals surface area contributed by atoms with Crippen molar-refractivity contribution in [3.05, 3.63) is 36.0 Å². The second kappa shape index (κ2) is 6.54. The summed E-state index contributed by atoms with van der Waals surface area (Å²) < 4.78 is 0. The van der Waals surface area contributed by atoms with Crippen molar-refractivity contribution in [2.45, 2.75) is 39.3 Å². The van der Waals surface area contributed by atoms with Crippen molar-refractivity contribution in [2.24, 2.45) is 0 Å². The maximum atomic E-state index is 11.1. The molecule has 124 valence electrons. The van der Waals surface area contributed by atoms with E-state index in [-0.39, 0.29) is 12.5 Å². The van der Waals surface area contributed by atoms with Crippen LogP contribution in [-0.2, 0) is 4.79 Å². The molecule has 0 spiro atoms. The number of nitrogens with zero attached hydrogens (tertiary/aromatic N) is 2. The van der Waals surface area contributed by atoms with E-state index in [0.29, 0.717) is 0 Å². The molecule has 0 bridgehead atoms. The number of para-hydroxylation sites is 1. The number of likely N-dealkylation sites (N-methyl/N-ethyl adjacent to an activating group) is 1. The largest absolute Gasteiger partial charge is 0.389 e. The van der Waals surface area contributed by atoms with Crippen LogP contribution in [0.3, 0.4) is 0 Å². The molecule has 0 aliphatic carbocycles. The van der Waals surface area contributed by atoms with Gasteiger partial charge in [0, 0.05) is 37.3 Å². The molecule has 5 heteroatoms. The summed E-state index contributed by atoms with van der Waals surface area (Å²) in [5, 5.41) is 14.2. The Morgan fingerprint density at radius 3 is 2.70 bits per heavy atom. The molecule has 2 aromatic rings. The Balaban J connectivity index is 2.38. The van der Waals surface area contributed by atoms with Gasteiger partial charge in [0.25, 0.3) is 0 Å². The lowest BCUT2D eigenvalue weighted by molar-refractivity contribution is -0.119. The highest BCUT2D eigenvalue weighted by molar-refractivity contribution is 5.92. The third kappa shape index (κ3) is 3.62. The number of fused-ring (bicyclic) bond motifs is 1. The predicted octanol–water partition coefficient (Wildman–Crippen LogP) is 2.26. The number of nitrogens with one attached hydrogen (secondary N) is 1. The topological polar surface area (TPSA) is 65.5 Å². The lowest BCUT2D eigenvalue weighted by Crippen LogP contribution is -2.54. The van der Waals surface area contributed by atoms with Gasteiger partial charge in [-0.15, -0.1) is 0 Å². The van der Waals surface area contributed by atoms with Gasteiger partial charge in [-0.1, -0.05) is 18.2 Å². The third-order valence-electron chi connectivity index (χ3n) is 4.41. The SMILES string of the molecule is CC(=O)NCC(O)C(C)(C)N(C)c1cc(C)nc2ccccc12. The van der Waals surface area contributed by atoms with Gasteiger partial charge in [0.2, 0.25) is 5.91 Å². The number of rotatable bonds is 5. The van der Waals surface area contributed by atoms with Crippen molar-refractivity contribution < 1.29 is 9.90 Å². The third-order valence-corrected chi connectivity index (χ3v) is 4.41. The number of hydrogen-bond acceptors (Lipinski definition) is 4. The molecule has 5 nitrogen and oxygen atoms in total. The Bertz CT molecular complexity index is 712. The maximum absolute atomic E-state index is 11.1. The molecule has 2 N–H and O–H groups in total. The number of benzene rings is 1. The van der Waals surface area contributed by atoms with Crippen LogP contribution >= 0.6 is 0 Å². The first-order valence-electron chi connectivity index (χ1n) is 7.76. The van der Waals surface area contributed by atoms with E-state index in [9.17, 15) is 9.90 Å². The number of carbonyl (C=O) groups excluding carboxylic acids is 1. The van der Waals surface area contributed by atoms with Crippen LogP contribution in [0.4, 0.5) is 5.69 Å². The molecular weight excluding hydrogens is 290 g/mol. The minimum atomic E-state index is -0.705. The molecule has 23 heavy (non-hydrogen) atoms. The zero-order valence-corrected chi connectivity index (χ0v) is 14.4. The summed E-state index contributed by atoms with van der Waals surface area (Å²) >= 11 is 0. The Morgan fingerprint density at radius 2 is 2.04 bits per heavy atom. The minimum Gasteiger partial charge on any atom is -0.389 e. The number of hydrogen-bond donors (Lipinski definition) is 2. The fourth-order valence-electron chi connectivity index (χ4n) is 2.59. The molecule has 1 unspecified atom stereocenters. The van der Waals surface area contributed by atoms with Crippen molar-refractivity contribution in [3.8, 4) is 0 Å². The van der Waals surface area contributed by atoms with Crippen LogP contribution in [0.5, 0.6) is 0 Å². The number of pyridine rings is 1. The lowest BCUT2D eigenvalue weighted by atomic mass is 9.93. The van der Waals surface area contributed by atoms with Crippen LogP contribution < -0.4 is 10.2 Å². The fraction of sp³-hybridized carbons (Fsp3) is 0.444. The molecule has 0 aliphatic heterocycles. The van der Waals surface area contributed by atoms with Gasteiger partial charge in [-0.2, -0.15) is 0 Å². The molecule has 0 saturated carbocycles. The van der Waals surface area contributed by atoms with Crippen molar-refractivity contribution in [1.29, 1.82) is 0 Å². The van der Waals surface area contributed by atoms with E-state index in [1.54, 1.807) is 0 Å². The number of anilines is 1. The molecule has 1 aromatic carbocycles. The van der Waals surface area contributed by atoms with Crippen LogP contribution in [0, 0.1) is 6.92 Å². The molecule has 0 fully saturated rings. The summed E-state index contributed by atoms with van der Waals surface area (Å²) in [6, 6.07) is 9.99. The molecule has 1 atom stereocenters. The molecule has 2 rings (SSSR count). The van der Waals surface area contributed by atoms with E-state index in [2.05, 4.69) is 15.2 Å². The fourth-order valence-corrected chi connectivity index (χ4v) is 2.59. The highest BCUT2D eigenvalue weighted by Gasteiger charge is 2.33. The Kier molecular flexibility index (Phi) is 4.90. The first-order valence-corrected chi connectivity index (χ1v) is 7.76. The van der Waals surface area contributed by atoms with Gasteiger partial charge in [0.1, 0.15) is 0 Å². The van der Waals surface area contributed by atoms with E-state index in [0.717, 1.165) is 22.3 Å². The average molecular weight is 315 g/mol. The van der Waals surface area contributed by atoms with E-state index < -0.39 is 11.6 Å². The minimum absolute atomic E-state index is 0.146. The van der Waals surface area contributed by atoms with Crippen molar-refractivity contribution >= 4 is 22.5 Å². The summed E-state index contributed by atoms with van der Waals surface area (Å²) in [6.45, 7) is 7.55. The molecule has 1 aromatic heterocycles. The zero-order valence-electron chi connectivity index (χ0n) is 14.4. The normalized spacial score (nSPS) is 13.0. The average Bonchev–Trinajstić information content (AvgIpc) is 2.50. The number of amides is 1. The summed E-state index contributed by atoms with van der Waals surface area (Å²) in [7, 11) is 1.96. The summed E-state index contributed by atoms with van der Waals surface area (Å²) in [4.78, 5) is 17.7. The van der Waals surface area contributed by atoms with Crippen LogP contribution in [0.15, 0.2) is 30.3 Å². The van der Waals surface area contributed by atoms with Crippen molar-refractivity contribution in [3.63, 3.8) is 0 Å². The van der Waals surface area contributed by atoms with Crippen LogP contribution in [0.1, 0.15) is 26.5 Å². The lowest BCUT2D eigenvalue weighted by Gasteiger charge is -2.41. The quantitative estimate of drug-likeness (QED) is 0.888.